The number of aliphatic hydroxyl groups excluding tert-OH is 1. The number of nitrogens with one attached hydrogen (secondary N) is 1. The lowest BCUT2D eigenvalue weighted by molar-refractivity contribution is 0.158. The van der Waals surface area contributed by atoms with Gasteiger partial charge in [-0.3, -0.25) is 0 Å². The molecule has 5 rings (SSSR count). The van der Waals surface area contributed by atoms with Crippen LogP contribution in [0.5, 0.6) is 5.75 Å². The Kier molecular flexibility index (Phi) is 6.27. The monoisotopic (exact) mass is 504 g/mol. The van der Waals surface area contributed by atoms with Crippen molar-refractivity contribution in [3.05, 3.63) is 83.3 Å². The topological polar surface area (TPSA) is 106 Å². The van der Waals surface area contributed by atoms with E-state index in [1.54, 1.807) is 51.3 Å². The number of aromatic nitrogens is 3. The molecule has 186 valence electrons. The molecule has 1 atom stereocenters. The predicted octanol–water partition coefficient (Wildman–Crippen LogP) is 4.21. The van der Waals surface area contributed by atoms with Gasteiger partial charge in [-0.2, -0.15) is 0 Å². The molecule has 0 bridgehead atoms. The van der Waals surface area contributed by atoms with E-state index in [-0.39, 0.29) is 16.9 Å². The molecule has 1 aliphatic carbocycles. The lowest BCUT2D eigenvalue weighted by Gasteiger charge is -2.21. The Morgan fingerprint density at radius 2 is 1.67 bits per heavy atom. The normalized spacial score (nSPS) is 15.4. The van der Waals surface area contributed by atoms with E-state index in [0.29, 0.717) is 24.2 Å². The van der Waals surface area contributed by atoms with E-state index in [1.807, 2.05) is 24.3 Å². The molecule has 1 aliphatic rings. The maximum atomic E-state index is 13.0. The second-order valence-electron chi connectivity index (χ2n) is 9.04. The van der Waals surface area contributed by atoms with E-state index >= 15 is 0 Å². The first kappa shape index (κ1) is 24.0. The third-order valence-corrected chi connectivity index (χ3v) is 7.71. The molecule has 0 fully saturated rings. The molecule has 0 aliphatic heterocycles. The van der Waals surface area contributed by atoms with Gasteiger partial charge in [0.05, 0.1) is 23.8 Å². The number of methoxy groups -OCH3 is 1. The zero-order chi connectivity index (χ0) is 25.4. The van der Waals surface area contributed by atoms with E-state index in [4.69, 9.17) is 4.74 Å². The van der Waals surface area contributed by atoms with Crippen LogP contribution < -0.4 is 9.46 Å². The fourth-order valence-electron chi connectivity index (χ4n) is 4.70. The van der Waals surface area contributed by atoms with E-state index in [2.05, 4.69) is 25.3 Å². The third-order valence-electron chi connectivity index (χ3n) is 6.36. The van der Waals surface area contributed by atoms with Crippen LogP contribution in [0.2, 0.25) is 0 Å². The van der Waals surface area contributed by atoms with Crippen LogP contribution in [0.1, 0.15) is 29.1 Å². The average Bonchev–Trinajstić information content (AvgIpc) is 3.21. The molecule has 36 heavy (non-hydrogen) atoms. The lowest BCUT2D eigenvalue weighted by Crippen LogP contribution is -2.19. The van der Waals surface area contributed by atoms with Gasteiger partial charge < -0.3 is 14.4 Å². The number of anilines is 1. The van der Waals surface area contributed by atoms with Crippen molar-refractivity contribution in [2.75, 3.05) is 11.8 Å². The highest BCUT2D eigenvalue weighted by molar-refractivity contribution is 7.92. The molecule has 0 amide bonds. The number of nitrogens with zero attached hydrogens (tertiary/aromatic N) is 3. The van der Waals surface area contributed by atoms with E-state index in [9.17, 15) is 13.5 Å². The minimum atomic E-state index is -3.86. The highest BCUT2D eigenvalue weighted by Crippen LogP contribution is 2.35. The van der Waals surface area contributed by atoms with Gasteiger partial charge in [-0.1, -0.05) is 0 Å². The van der Waals surface area contributed by atoms with Crippen LogP contribution in [-0.2, 0) is 22.9 Å². The summed E-state index contributed by atoms with van der Waals surface area (Å²) in [6.45, 7) is 3.58. The second kappa shape index (κ2) is 9.40. The zero-order valence-corrected chi connectivity index (χ0v) is 21.2. The third kappa shape index (κ3) is 4.72. The van der Waals surface area contributed by atoms with Gasteiger partial charge in [0, 0.05) is 29.2 Å². The molecule has 9 heteroatoms. The summed E-state index contributed by atoms with van der Waals surface area (Å²) in [4.78, 5) is 8.48. The summed E-state index contributed by atoms with van der Waals surface area (Å²) in [7, 11) is -2.22. The first-order chi connectivity index (χ1) is 17.2. The Labute approximate surface area is 210 Å². The van der Waals surface area contributed by atoms with E-state index < -0.39 is 10.0 Å². The van der Waals surface area contributed by atoms with Crippen molar-refractivity contribution in [1.82, 2.24) is 14.5 Å². The van der Waals surface area contributed by atoms with Gasteiger partial charge in [0.25, 0.3) is 10.0 Å². The Hall–Kier alpha value is -3.69. The van der Waals surface area contributed by atoms with Crippen LogP contribution in [0.25, 0.3) is 16.9 Å². The molecule has 2 heterocycles. The van der Waals surface area contributed by atoms with Crippen LogP contribution in [0.4, 0.5) is 5.95 Å². The molecular formula is C27H28N4O4S. The summed E-state index contributed by atoms with van der Waals surface area (Å²) < 4.78 is 35.9. The molecule has 2 aromatic carbocycles. The van der Waals surface area contributed by atoms with Gasteiger partial charge in [0.15, 0.2) is 0 Å². The van der Waals surface area contributed by atoms with E-state index in [1.165, 1.54) is 0 Å². The molecule has 0 radical (unpaired) electrons. The van der Waals surface area contributed by atoms with Crippen molar-refractivity contribution in [2.45, 2.75) is 44.1 Å². The number of aliphatic hydroxyl groups is 1. The van der Waals surface area contributed by atoms with Gasteiger partial charge in [-0.05, 0) is 98.5 Å². The van der Waals surface area contributed by atoms with E-state index in [0.717, 1.165) is 40.4 Å². The SMILES string of the molecule is COc1ccc(-c2cc3c(n2-c2ccc(S(=O)(=O)Nc4nc(C)cc(C)n4)cc2)CCC(O)C3)cc1. The first-order valence-corrected chi connectivity index (χ1v) is 13.2. The minimum Gasteiger partial charge on any atom is -0.497 e. The lowest BCUT2D eigenvalue weighted by atomic mass is 9.95. The largest absolute Gasteiger partial charge is 0.497 e. The van der Waals surface area contributed by atoms with Gasteiger partial charge in [-0.15, -0.1) is 0 Å². The Morgan fingerprint density at radius 1 is 1.00 bits per heavy atom. The molecule has 0 saturated heterocycles. The Morgan fingerprint density at radius 3 is 2.31 bits per heavy atom. The highest BCUT2D eigenvalue weighted by atomic mass is 32.2. The van der Waals surface area contributed by atoms with Gasteiger partial charge >= 0.3 is 0 Å². The molecular weight excluding hydrogens is 476 g/mol. The molecule has 1 unspecified atom stereocenters. The number of hydrogen-bond acceptors (Lipinski definition) is 6. The van der Waals surface area contributed by atoms with Crippen LogP contribution in [0.15, 0.2) is 65.6 Å². The van der Waals surface area contributed by atoms with Crippen LogP contribution in [0, 0.1) is 13.8 Å². The number of rotatable bonds is 6. The minimum absolute atomic E-state index is 0.0522. The van der Waals surface area contributed by atoms with Gasteiger partial charge in [0.1, 0.15) is 5.75 Å². The molecule has 0 spiro atoms. The van der Waals surface area contributed by atoms with Crippen LogP contribution in [-0.4, -0.2) is 41.3 Å². The summed E-state index contributed by atoms with van der Waals surface area (Å²) in [6, 6.07) is 18.5. The number of fused-ring (bicyclic) bond motifs is 1. The Bertz CT molecular complexity index is 1490. The fourth-order valence-corrected chi connectivity index (χ4v) is 5.65. The molecule has 2 N–H and O–H groups in total. The molecule has 2 aromatic heterocycles. The van der Waals surface area contributed by atoms with Crippen LogP contribution >= 0.6 is 0 Å². The summed E-state index contributed by atoms with van der Waals surface area (Å²) >= 11 is 0. The van der Waals surface area contributed by atoms with Gasteiger partial charge in [-0.25, -0.2) is 23.1 Å². The maximum absolute atomic E-state index is 13.0. The van der Waals surface area contributed by atoms with Crippen molar-refractivity contribution >= 4 is 16.0 Å². The fraction of sp³-hybridized carbons (Fsp3) is 0.259. The summed E-state index contributed by atoms with van der Waals surface area (Å²) in [5, 5.41) is 10.2. The van der Waals surface area contributed by atoms with Crippen molar-refractivity contribution in [1.29, 1.82) is 0 Å². The molecule has 8 nitrogen and oxygen atoms in total. The van der Waals surface area contributed by atoms with Crippen molar-refractivity contribution in [2.24, 2.45) is 0 Å². The van der Waals surface area contributed by atoms with Crippen LogP contribution in [0.3, 0.4) is 0 Å². The van der Waals surface area contributed by atoms with Crippen molar-refractivity contribution < 1.29 is 18.3 Å². The molecule has 0 saturated carbocycles. The van der Waals surface area contributed by atoms with Gasteiger partial charge in [0.2, 0.25) is 5.95 Å². The number of hydrogen-bond donors (Lipinski definition) is 2. The summed E-state index contributed by atoms with van der Waals surface area (Å²) in [6.07, 6.45) is 1.66. The number of ether oxygens (including phenoxy) is 1. The Balaban J connectivity index is 1.52. The average molecular weight is 505 g/mol. The predicted molar refractivity (Wildman–Crippen MR) is 138 cm³/mol. The first-order valence-electron chi connectivity index (χ1n) is 11.7. The summed E-state index contributed by atoms with van der Waals surface area (Å²) in [5.74, 6) is 0.822. The maximum Gasteiger partial charge on any atom is 0.264 e. The number of sulfonamides is 1. The summed E-state index contributed by atoms with van der Waals surface area (Å²) in [5.41, 5.74) is 6.43. The standard InChI is InChI=1S/C27H28N4O4S/c1-17-14-18(2)29-27(28-17)30-36(33,34)24-11-6-21(7-12-24)31-25-13-8-22(32)15-20(25)16-26(31)19-4-9-23(35-3)10-5-19/h4-7,9-12,14,16,22,32H,8,13,15H2,1-3H3,(H,28,29,30). The smallest absolute Gasteiger partial charge is 0.264 e. The zero-order valence-electron chi connectivity index (χ0n) is 20.4. The second-order valence-corrected chi connectivity index (χ2v) is 10.7. The van der Waals surface area contributed by atoms with Crippen molar-refractivity contribution in [3.63, 3.8) is 0 Å². The number of aryl methyl sites for hydroxylation is 2. The molecule has 4 aromatic rings. The number of benzene rings is 2. The van der Waals surface area contributed by atoms with Crippen molar-refractivity contribution in [3.8, 4) is 22.7 Å². The quantitative estimate of drug-likeness (QED) is 0.407. The highest BCUT2D eigenvalue weighted by Gasteiger charge is 2.25.